The van der Waals surface area contributed by atoms with E-state index in [1.54, 1.807) is 25.2 Å². The van der Waals surface area contributed by atoms with Gasteiger partial charge in [-0.1, -0.05) is 0 Å². The van der Waals surface area contributed by atoms with E-state index in [0.29, 0.717) is 0 Å². The summed E-state index contributed by atoms with van der Waals surface area (Å²) in [7, 11) is 3.56. The van der Waals surface area contributed by atoms with Crippen molar-refractivity contribution in [1.82, 2.24) is 14.8 Å². The smallest absolute Gasteiger partial charge is 0.142 e. The molecule has 5 nitrogen and oxygen atoms in total. The first-order valence-electron chi connectivity index (χ1n) is 5.10. The number of methoxy groups -OCH3 is 1. The highest BCUT2D eigenvalue weighted by atomic mass is 32.2. The highest BCUT2D eigenvalue weighted by molar-refractivity contribution is 7.98. The van der Waals surface area contributed by atoms with Crippen LogP contribution in [0.25, 0.3) is 0 Å². The molecule has 2 aromatic rings. The highest BCUT2D eigenvalue weighted by Crippen LogP contribution is 2.30. The lowest BCUT2D eigenvalue weighted by Gasteiger charge is -2.07. The van der Waals surface area contributed by atoms with Crippen LogP contribution < -0.4 is 10.5 Å². The van der Waals surface area contributed by atoms with Gasteiger partial charge in [-0.25, -0.2) is 0 Å². The zero-order valence-electron chi connectivity index (χ0n) is 9.75. The molecule has 90 valence electrons. The van der Waals surface area contributed by atoms with E-state index >= 15 is 0 Å². The highest BCUT2D eigenvalue weighted by Gasteiger charge is 2.06. The van der Waals surface area contributed by atoms with Crippen LogP contribution >= 0.6 is 11.8 Å². The van der Waals surface area contributed by atoms with Gasteiger partial charge in [0.15, 0.2) is 0 Å². The minimum absolute atomic E-state index is 0.730. The fourth-order valence-corrected chi connectivity index (χ4v) is 2.33. The van der Waals surface area contributed by atoms with E-state index in [-0.39, 0.29) is 0 Å². The molecule has 1 aromatic heterocycles. The molecule has 0 saturated heterocycles. The molecule has 2 N–H and O–H groups in total. The summed E-state index contributed by atoms with van der Waals surface area (Å²) in [5.74, 6) is 2.45. The molecule has 0 saturated carbocycles. The molecule has 0 aliphatic heterocycles. The Bertz CT molecular complexity index is 512. The number of nitrogens with zero attached hydrogens (tertiary/aromatic N) is 3. The molecule has 0 radical (unpaired) electrons. The zero-order chi connectivity index (χ0) is 12.3. The van der Waals surface area contributed by atoms with Gasteiger partial charge in [-0.3, -0.25) is 0 Å². The molecule has 0 fully saturated rings. The van der Waals surface area contributed by atoms with Crippen molar-refractivity contribution < 1.29 is 4.74 Å². The SMILES string of the molecule is COc1ccc(N)c(SCc2nncn2C)c1. The van der Waals surface area contributed by atoms with Crippen molar-refractivity contribution >= 4 is 17.4 Å². The number of ether oxygens (including phenoxy) is 1. The van der Waals surface area contributed by atoms with E-state index in [4.69, 9.17) is 10.5 Å². The van der Waals surface area contributed by atoms with Gasteiger partial charge in [-0.2, -0.15) is 0 Å². The van der Waals surface area contributed by atoms with Crippen molar-refractivity contribution in [1.29, 1.82) is 0 Å². The Balaban J connectivity index is 2.11. The predicted octanol–water partition coefficient (Wildman–Crippen LogP) is 1.70. The molecular weight excluding hydrogens is 236 g/mol. The van der Waals surface area contributed by atoms with E-state index in [9.17, 15) is 0 Å². The van der Waals surface area contributed by atoms with Crippen LogP contribution in [0.2, 0.25) is 0 Å². The van der Waals surface area contributed by atoms with Gasteiger partial charge in [0.05, 0.1) is 12.9 Å². The molecule has 0 aliphatic carbocycles. The Hall–Kier alpha value is -1.69. The quantitative estimate of drug-likeness (QED) is 0.661. The van der Waals surface area contributed by atoms with Crippen molar-refractivity contribution in [3.63, 3.8) is 0 Å². The second-order valence-corrected chi connectivity index (χ2v) is 4.57. The number of rotatable bonds is 4. The van der Waals surface area contributed by atoms with Crippen molar-refractivity contribution in [3.05, 3.63) is 30.4 Å². The molecule has 0 spiro atoms. The van der Waals surface area contributed by atoms with Crippen LogP contribution in [0.3, 0.4) is 0 Å². The molecule has 0 atom stereocenters. The molecule has 17 heavy (non-hydrogen) atoms. The van der Waals surface area contributed by atoms with Crippen molar-refractivity contribution in [2.24, 2.45) is 7.05 Å². The zero-order valence-corrected chi connectivity index (χ0v) is 10.6. The van der Waals surface area contributed by atoms with Gasteiger partial charge in [-0.15, -0.1) is 22.0 Å². The van der Waals surface area contributed by atoms with Crippen LogP contribution in [0.15, 0.2) is 29.4 Å². The number of aromatic nitrogens is 3. The maximum absolute atomic E-state index is 5.90. The summed E-state index contributed by atoms with van der Waals surface area (Å²) in [6.07, 6.45) is 1.69. The van der Waals surface area contributed by atoms with Crippen LogP contribution in [-0.4, -0.2) is 21.9 Å². The summed E-state index contributed by atoms with van der Waals surface area (Å²) in [4.78, 5) is 0.993. The Kier molecular flexibility index (Phi) is 3.53. The average Bonchev–Trinajstić information content (AvgIpc) is 2.74. The number of aryl methyl sites for hydroxylation is 1. The summed E-state index contributed by atoms with van der Waals surface area (Å²) in [5, 5.41) is 7.86. The lowest BCUT2D eigenvalue weighted by molar-refractivity contribution is 0.414. The molecule has 1 heterocycles. The fourth-order valence-electron chi connectivity index (χ4n) is 1.35. The molecule has 1 aromatic carbocycles. The van der Waals surface area contributed by atoms with Crippen LogP contribution in [0.5, 0.6) is 5.75 Å². The second-order valence-electron chi connectivity index (χ2n) is 3.55. The lowest BCUT2D eigenvalue weighted by atomic mass is 10.3. The van der Waals surface area contributed by atoms with Crippen LogP contribution in [0.1, 0.15) is 5.82 Å². The summed E-state index contributed by atoms with van der Waals surface area (Å²) in [6, 6.07) is 5.62. The van der Waals surface area contributed by atoms with Crippen molar-refractivity contribution in [2.75, 3.05) is 12.8 Å². The van der Waals surface area contributed by atoms with Gasteiger partial charge in [0.2, 0.25) is 0 Å². The first kappa shape index (κ1) is 11.8. The van der Waals surface area contributed by atoms with E-state index in [2.05, 4.69) is 10.2 Å². The van der Waals surface area contributed by atoms with Gasteiger partial charge >= 0.3 is 0 Å². The van der Waals surface area contributed by atoms with E-state index in [1.165, 1.54) is 0 Å². The van der Waals surface area contributed by atoms with E-state index in [1.807, 2.05) is 29.8 Å². The minimum atomic E-state index is 0.730. The monoisotopic (exact) mass is 250 g/mol. The molecule has 2 rings (SSSR count). The maximum atomic E-state index is 5.90. The number of benzene rings is 1. The summed E-state index contributed by atoms with van der Waals surface area (Å²) in [6.45, 7) is 0. The van der Waals surface area contributed by atoms with Gasteiger partial charge in [0, 0.05) is 17.6 Å². The lowest BCUT2D eigenvalue weighted by Crippen LogP contribution is -1.96. The van der Waals surface area contributed by atoms with Crippen LogP contribution in [-0.2, 0) is 12.8 Å². The van der Waals surface area contributed by atoms with E-state index in [0.717, 1.165) is 27.9 Å². The average molecular weight is 250 g/mol. The second kappa shape index (κ2) is 5.09. The van der Waals surface area contributed by atoms with Crippen molar-refractivity contribution in [3.8, 4) is 5.75 Å². The van der Waals surface area contributed by atoms with Crippen LogP contribution in [0, 0.1) is 0 Å². The third kappa shape index (κ3) is 2.71. The number of thioether (sulfide) groups is 1. The number of hydrogen-bond acceptors (Lipinski definition) is 5. The molecule has 0 aliphatic rings. The third-order valence-electron chi connectivity index (χ3n) is 2.38. The largest absolute Gasteiger partial charge is 0.497 e. The topological polar surface area (TPSA) is 66.0 Å². The molecular formula is C11H14N4OS. The summed E-state index contributed by atoms with van der Waals surface area (Å²) in [5.41, 5.74) is 6.65. The predicted molar refractivity (Wildman–Crippen MR) is 68.0 cm³/mol. The van der Waals surface area contributed by atoms with Gasteiger partial charge in [0.25, 0.3) is 0 Å². The first-order chi connectivity index (χ1) is 8.20. The number of nitrogen functional groups attached to an aromatic ring is 1. The first-order valence-corrected chi connectivity index (χ1v) is 6.08. The Morgan fingerprint density at radius 2 is 2.29 bits per heavy atom. The minimum Gasteiger partial charge on any atom is -0.497 e. The Labute approximate surface area is 104 Å². The van der Waals surface area contributed by atoms with Gasteiger partial charge in [0.1, 0.15) is 17.9 Å². The van der Waals surface area contributed by atoms with Crippen LogP contribution in [0.4, 0.5) is 5.69 Å². The molecule has 6 heteroatoms. The Morgan fingerprint density at radius 1 is 1.47 bits per heavy atom. The normalized spacial score (nSPS) is 10.5. The molecule has 0 bridgehead atoms. The summed E-state index contributed by atoms with van der Waals surface area (Å²) >= 11 is 1.62. The number of nitrogens with two attached hydrogens (primary N) is 1. The number of hydrogen-bond donors (Lipinski definition) is 1. The standard InChI is InChI=1S/C11H14N4OS/c1-15-7-13-14-11(15)6-17-10-5-8(16-2)3-4-9(10)12/h3-5,7H,6,12H2,1-2H3. The fraction of sp³-hybridized carbons (Fsp3) is 0.273. The number of anilines is 1. The van der Waals surface area contributed by atoms with Gasteiger partial charge in [-0.05, 0) is 18.2 Å². The maximum Gasteiger partial charge on any atom is 0.142 e. The molecule has 0 unspecified atom stereocenters. The molecule has 0 amide bonds. The van der Waals surface area contributed by atoms with E-state index < -0.39 is 0 Å². The van der Waals surface area contributed by atoms with Crippen molar-refractivity contribution in [2.45, 2.75) is 10.6 Å². The Morgan fingerprint density at radius 3 is 2.94 bits per heavy atom. The summed E-state index contributed by atoms with van der Waals surface area (Å²) < 4.78 is 7.06. The third-order valence-corrected chi connectivity index (χ3v) is 3.45. The van der Waals surface area contributed by atoms with Gasteiger partial charge < -0.3 is 15.0 Å².